The second kappa shape index (κ2) is 10.6. The van der Waals surface area contributed by atoms with Crippen LogP contribution in [0.25, 0.3) is 11.1 Å². The zero-order chi connectivity index (χ0) is 26.2. The van der Waals surface area contributed by atoms with Crippen molar-refractivity contribution < 1.29 is 18.3 Å². The minimum Gasteiger partial charge on any atom is -0.496 e. The van der Waals surface area contributed by atoms with Crippen LogP contribution >= 0.6 is 0 Å². The molecule has 37 heavy (non-hydrogen) atoms. The number of aliphatic hydroxyl groups excluding tert-OH is 1. The van der Waals surface area contributed by atoms with Gasteiger partial charge in [0.05, 0.1) is 18.6 Å². The van der Waals surface area contributed by atoms with Crippen LogP contribution in [-0.2, 0) is 10.0 Å². The Hall–Kier alpha value is -2.71. The molecule has 3 atom stereocenters. The van der Waals surface area contributed by atoms with Gasteiger partial charge in [-0.25, -0.2) is 8.42 Å². The molecule has 5 rings (SSSR count). The van der Waals surface area contributed by atoms with Crippen molar-refractivity contribution in [1.29, 1.82) is 0 Å². The summed E-state index contributed by atoms with van der Waals surface area (Å²) in [6.07, 6.45) is 1.72. The zero-order valence-corrected chi connectivity index (χ0v) is 22.6. The first-order chi connectivity index (χ1) is 17.8. The van der Waals surface area contributed by atoms with E-state index in [2.05, 4.69) is 42.2 Å². The number of benzene rings is 3. The Balaban J connectivity index is 1.45. The average Bonchev–Trinajstić information content (AvgIpc) is 2.88. The summed E-state index contributed by atoms with van der Waals surface area (Å²) in [6, 6.07) is 21.8. The first-order valence-electron chi connectivity index (χ1n) is 13.0. The van der Waals surface area contributed by atoms with Crippen LogP contribution < -0.4 is 4.74 Å². The first kappa shape index (κ1) is 25.9. The predicted octanol–water partition coefficient (Wildman–Crippen LogP) is 4.59. The first-order valence-corrected chi connectivity index (χ1v) is 14.5. The lowest BCUT2D eigenvalue weighted by Crippen LogP contribution is -2.67. The Kier molecular flexibility index (Phi) is 7.41. The molecule has 0 aliphatic carbocycles. The van der Waals surface area contributed by atoms with Gasteiger partial charge in [0.2, 0.25) is 10.0 Å². The average molecular weight is 521 g/mol. The molecule has 0 radical (unpaired) electrons. The normalized spacial score (nSPS) is 23.0. The van der Waals surface area contributed by atoms with E-state index in [1.165, 1.54) is 5.56 Å². The number of aliphatic hydroxyl groups is 1. The van der Waals surface area contributed by atoms with Gasteiger partial charge in [-0.15, -0.1) is 0 Å². The standard InChI is InChI=1S/C30H36N2O4S/c1-21-10-15-28(36-3)25(18-21)23-11-13-24(14-12-23)30-26-19-31(16-6-7-17-32(26)27(30)20-33)37(34,35)29-9-5-4-8-22(29)2/h4-5,8-15,18,26-27,30,33H,6-7,16-17,19-20H2,1-3H3/t26?,27-,30+/m1/s1. The van der Waals surface area contributed by atoms with Crippen LogP contribution in [0.4, 0.5) is 0 Å². The summed E-state index contributed by atoms with van der Waals surface area (Å²) in [6.45, 7) is 5.79. The highest BCUT2D eigenvalue weighted by molar-refractivity contribution is 7.89. The third-order valence-corrected chi connectivity index (χ3v) is 10.0. The molecule has 2 fully saturated rings. The van der Waals surface area contributed by atoms with Crippen LogP contribution in [0, 0.1) is 13.8 Å². The largest absolute Gasteiger partial charge is 0.496 e. The molecule has 1 unspecified atom stereocenters. The van der Waals surface area contributed by atoms with E-state index in [1.807, 2.05) is 31.2 Å². The van der Waals surface area contributed by atoms with Gasteiger partial charge in [0.15, 0.2) is 0 Å². The number of methoxy groups -OCH3 is 1. The highest BCUT2D eigenvalue weighted by Crippen LogP contribution is 2.43. The summed E-state index contributed by atoms with van der Waals surface area (Å²) in [5, 5.41) is 10.3. The molecule has 3 aromatic rings. The summed E-state index contributed by atoms with van der Waals surface area (Å²) in [4.78, 5) is 2.69. The fourth-order valence-electron chi connectivity index (χ4n) is 6.04. The van der Waals surface area contributed by atoms with Crippen LogP contribution in [-0.4, -0.2) is 68.2 Å². The smallest absolute Gasteiger partial charge is 0.243 e. The summed E-state index contributed by atoms with van der Waals surface area (Å²) >= 11 is 0. The van der Waals surface area contributed by atoms with Crippen LogP contribution in [0.2, 0.25) is 0 Å². The molecule has 196 valence electrons. The summed E-state index contributed by atoms with van der Waals surface area (Å²) in [5.41, 5.74) is 5.18. The van der Waals surface area contributed by atoms with Crippen LogP contribution in [0.15, 0.2) is 71.6 Å². The van der Waals surface area contributed by atoms with E-state index < -0.39 is 10.0 Å². The molecule has 2 aliphatic rings. The van der Waals surface area contributed by atoms with Gasteiger partial charge in [-0.05, 0) is 68.1 Å². The van der Waals surface area contributed by atoms with Gasteiger partial charge < -0.3 is 9.84 Å². The van der Waals surface area contributed by atoms with Crippen molar-refractivity contribution in [2.45, 2.75) is 49.6 Å². The minimum atomic E-state index is -3.61. The van der Waals surface area contributed by atoms with Crippen molar-refractivity contribution in [3.05, 3.63) is 83.4 Å². The SMILES string of the molecule is COc1ccc(C)cc1-c1ccc([C@H]2C3CN(S(=O)(=O)c4ccccc4C)CCCCN3[C@@H]2CO)cc1. The Morgan fingerprint density at radius 2 is 1.70 bits per heavy atom. The molecule has 2 heterocycles. The molecule has 1 N–H and O–H groups in total. The van der Waals surface area contributed by atoms with E-state index in [0.717, 1.165) is 47.4 Å². The van der Waals surface area contributed by atoms with Crippen LogP contribution in [0.5, 0.6) is 5.75 Å². The van der Waals surface area contributed by atoms with Crippen molar-refractivity contribution in [1.82, 2.24) is 9.21 Å². The number of ether oxygens (including phenoxy) is 1. The molecule has 0 amide bonds. The highest BCUT2D eigenvalue weighted by Gasteiger charge is 2.50. The van der Waals surface area contributed by atoms with Gasteiger partial charge in [0.25, 0.3) is 0 Å². The van der Waals surface area contributed by atoms with Gasteiger partial charge in [0.1, 0.15) is 5.75 Å². The van der Waals surface area contributed by atoms with Crippen LogP contribution in [0.3, 0.4) is 0 Å². The monoisotopic (exact) mass is 520 g/mol. The molecule has 7 heteroatoms. The molecular formula is C30H36N2O4S. The quantitative estimate of drug-likeness (QED) is 0.515. The molecule has 6 nitrogen and oxygen atoms in total. The number of aryl methyl sites for hydroxylation is 2. The van der Waals surface area contributed by atoms with E-state index >= 15 is 0 Å². The van der Waals surface area contributed by atoms with Crippen LogP contribution in [0.1, 0.15) is 35.4 Å². The van der Waals surface area contributed by atoms with Crippen molar-refractivity contribution in [2.24, 2.45) is 0 Å². The fraction of sp³-hybridized carbons (Fsp3) is 0.400. The van der Waals surface area contributed by atoms with Crippen molar-refractivity contribution in [2.75, 3.05) is 33.4 Å². The number of rotatable bonds is 6. The van der Waals surface area contributed by atoms with Crippen molar-refractivity contribution in [3.8, 4) is 16.9 Å². The summed E-state index contributed by atoms with van der Waals surface area (Å²) < 4.78 is 34.6. The van der Waals surface area contributed by atoms with Crippen molar-refractivity contribution >= 4 is 10.0 Å². The molecule has 3 aromatic carbocycles. The molecular weight excluding hydrogens is 484 g/mol. The third-order valence-electron chi connectivity index (χ3n) is 8.01. The summed E-state index contributed by atoms with van der Waals surface area (Å²) in [7, 11) is -1.93. The number of sulfonamides is 1. The minimum absolute atomic E-state index is 0.00882. The topological polar surface area (TPSA) is 70.1 Å². The molecule has 0 saturated carbocycles. The predicted molar refractivity (Wildman–Crippen MR) is 146 cm³/mol. The number of nitrogens with zero attached hydrogens (tertiary/aromatic N) is 2. The van der Waals surface area contributed by atoms with E-state index in [0.29, 0.717) is 18.0 Å². The highest BCUT2D eigenvalue weighted by atomic mass is 32.2. The number of hydrogen-bond acceptors (Lipinski definition) is 5. The van der Waals surface area contributed by atoms with E-state index in [4.69, 9.17) is 4.74 Å². The number of hydrogen-bond donors (Lipinski definition) is 1. The second-order valence-electron chi connectivity index (χ2n) is 10.2. The maximum Gasteiger partial charge on any atom is 0.243 e. The van der Waals surface area contributed by atoms with E-state index in [9.17, 15) is 13.5 Å². The van der Waals surface area contributed by atoms with Crippen molar-refractivity contribution in [3.63, 3.8) is 0 Å². The Bertz CT molecular complexity index is 1360. The fourth-order valence-corrected chi connectivity index (χ4v) is 7.77. The maximum atomic E-state index is 13.7. The molecule has 0 spiro atoms. The Labute approximate surface area is 220 Å². The molecule has 0 bridgehead atoms. The van der Waals surface area contributed by atoms with E-state index in [1.54, 1.807) is 23.5 Å². The number of fused-ring (bicyclic) bond motifs is 1. The molecule has 2 aliphatic heterocycles. The lowest BCUT2D eigenvalue weighted by Gasteiger charge is -2.57. The Morgan fingerprint density at radius 3 is 2.41 bits per heavy atom. The van der Waals surface area contributed by atoms with Gasteiger partial charge in [-0.2, -0.15) is 4.31 Å². The molecule has 0 aromatic heterocycles. The lowest BCUT2D eigenvalue weighted by atomic mass is 9.74. The second-order valence-corrected chi connectivity index (χ2v) is 12.1. The lowest BCUT2D eigenvalue weighted by molar-refractivity contribution is -0.0553. The third kappa shape index (κ3) is 4.81. The molecule has 2 saturated heterocycles. The Morgan fingerprint density at radius 1 is 0.973 bits per heavy atom. The van der Waals surface area contributed by atoms with Gasteiger partial charge in [0, 0.05) is 36.7 Å². The van der Waals surface area contributed by atoms with Gasteiger partial charge in [-0.1, -0.05) is 54.1 Å². The maximum absolute atomic E-state index is 13.7. The van der Waals surface area contributed by atoms with E-state index in [-0.39, 0.29) is 24.6 Å². The van der Waals surface area contributed by atoms with Gasteiger partial charge >= 0.3 is 0 Å². The van der Waals surface area contributed by atoms with Gasteiger partial charge in [-0.3, -0.25) is 4.90 Å². The summed E-state index contributed by atoms with van der Waals surface area (Å²) in [5.74, 6) is 0.893. The zero-order valence-electron chi connectivity index (χ0n) is 21.8.